The summed E-state index contributed by atoms with van der Waals surface area (Å²) in [6.45, 7) is 0. The lowest BCUT2D eigenvalue weighted by atomic mass is 10.2. The number of carbonyl (C=O) groups excluding carboxylic acids is 2. The van der Waals surface area contributed by atoms with Crippen LogP contribution in [-0.2, 0) is 14.3 Å². The largest absolute Gasteiger partial charge is 0.508 e. The first kappa shape index (κ1) is 17.1. The lowest BCUT2D eigenvalue weighted by Crippen LogP contribution is -2.19. The maximum absolute atomic E-state index is 11.6. The van der Waals surface area contributed by atoms with Crippen molar-refractivity contribution in [2.45, 2.75) is 0 Å². The van der Waals surface area contributed by atoms with Crippen LogP contribution in [0.3, 0.4) is 0 Å². The van der Waals surface area contributed by atoms with Crippen molar-refractivity contribution >= 4 is 40.7 Å². The first-order chi connectivity index (χ1) is 11.4. The normalized spacial score (nSPS) is 17.5. The highest BCUT2D eigenvalue weighted by Crippen LogP contribution is 2.24. The quantitative estimate of drug-likeness (QED) is 0.270. The summed E-state index contributed by atoms with van der Waals surface area (Å²) in [7, 11) is 1.18. The fourth-order valence-electron chi connectivity index (χ4n) is 1.60. The predicted molar refractivity (Wildman–Crippen MR) is 85.6 cm³/mol. The van der Waals surface area contributed by atoms with Gasteiger partial charge in [-0.1, -0.05) is 0 Å². The average molecular weight is 350 g/mol. The Morgan fingerprint density at radius 2 is 2.25 bits per heavy atom. The third-order valence-corrected chi connectivity index (χ3v) is 3.55. The van der Waals surface area contributed by atoms with Crippen LogP contribution < -0.4 is 5.32 Å². The van der Waals surface area contributed by atoms with Gasteiger partial charge >= 0.3 is 5.97 Å². The second-order valence-electron chi connectivity index (χ2n) is 4.24. The van der Waals surface area contributed by atoms with Crippen LogP contribution in [0.1, 0.15) is 5.56 Å². The molecule has 24 heavy (non-hydrogen) atoms. The fraction of sp³-hybridized carbons (Fsp3) is 0.0769. The van der Waals surface area contributed by atoms with Crippen LogP contribution >= 0.6 is 11.8 Å². The Hall–Kier alpha value is -3.21. The zero-order valence-electron chi connectivity index (χ0n) is 12.1. The highest BCUT2D eigenvalue weighted by Gasteiger charge is 2.25. The molecule has 1 aliphatic rings. The van der Waals surface area contributed by atoms with Crippen molar-refractivity contribution in [2.75, 3.05) is 7.11 Å². The van der Waals surface area contributed by atoms with Crippen molar-refractivity contribution in [1.29, 1.82) is 0 Å². The lowest BCUT2D eigenvalue weighted by molar-refractivity contribution is -0.385. The summed E-state index contributed by atoms with van der Waals surface area (Å²) in [6.07, 6.45) is 2.08. The minimum atomic E-state index is -0.687. The van der Waals surface area contributed by atoms with E-state index in [1.165, 1.54) is 13.2 Å². The Morgan fingerprint density at radius 3 is 2.92 bits per heavy atom. The van der Waals surface area contributed by atoms with Gasteiger partial charge in [0.1, 0.15) is 5.75 Å². The molecule has 1 fully saturated rings. The van der Waals surface area contributed by atoms with Crippen LogP contribution in [0.15, 0.2) is 39.4 Å². The zero-order valence-corrected chi connectivity index (χ0v) is 12.9. The number of thioether (sulfide) groups is 1. The molecule has 10 nitrogen and oxygen atoms in total. The second-order valence-corrected chi connectivity index (χ2v) is 5.27. The van der Waals surface area contributed by atoms with E-state index >= 15 is 0 Å². The van der Waals surface area contributed by atoms with E-state index < -0.39 is 16.8 Å². The summed E-state index contributed by atoms with van der Waals surface area (Å²) < 4.78 is 4.42. The van der Waals surface area contributed by atoms with Crippen LogP contribution in [0.2, 0.25) is 0 Å². The van der Waals surface area contributed by atoms with Crippen molar-refractivity contribution in [3.8, 4) is 5.75 Å². The number of hydrogen-bond acceptors (Lipinski definition) is 9. The summed E-state index contributed by atoms with van der Waals surface area (Å²) >= 11 is 0.864. The van der Waals surface area contributed by atoms with E-state index in [1.807, 2.05) is 0 Å². The number of benzene rings is 1. The van der Waals surface area contributed by atoms with E-state index in [9.17, 15) is 24.8 Å². The summed E-state index contributed by atoms with van der Waals surface area (Å²) in [5, 5.41) is 30.1. The maximum Gasteiger partial charge on any atom is 0.331 e. The number of nitrogens with one attached hydrogen (secondary N) is 1. The number of aromatic hydroxyl groups is 1. The number of phenols is 1. The summed E-state index contributed by atoms with van der Waals surface area (Å²) in [4.78, 5) is 33.0. The van der Waals surface area contributed by atoms with Crippen molar-refractivity contribution in [2.24, 2.45) is 10.2 Å². The molecule has 0 bridgehead atoms. The molecule has 2 rings (SSSR count). The number of carbonyl (C=O) groups is 2. The Kier molecular flexibility index (Phi) is 5.27. The van der Waals surface area contributed by atoms with Gasteiger partial charge in [-0.05, 0) is 23.9 Å². The summed E-state index contributed by atoms with van der Waals surface area (Å²) in [6, 6.07) is 3.47. The van der Waals surface area contributed by atoms with Gasteiger partial charge in [0.15, 0.2) is 5.17 Å². The molecule has 1 saturated heterocycles. The van der Waals surface area contributed by atoms with Crippen molar-refractivity contribution in [1.82, 2.24) is 5.32 Å². The van der Waals surface area contributed by atoms with E-state index in [2.05, 4.69) is 20.3 Å². The van der Waals surface area contributed by atoms with Crippen molar-refractivity contribution in [3.63, 3.8) is 0 Å². The molecule has 0 aliphatic carbocycles. The number of nitro groups is 1. The number of methoxy groups -OCH3 is 1. The third-order valence-electron chi connectivity index (χ3n) is 2.65. The molecule has 0 unspecified atom stereocenters. The molecule has 2 N–H and O–H groups in total. The van der Waals surface area contributed by atoms with E-state index in [0.29, 0.717) is 0 Å². The molecule has 0 atom stereocenters. The molecule has 0 radical (unpaired) electrons. The highest BCUT2D eigenvalue weighted by atomic mass is 32.2. The first-order valence-electron chi connectivity index (χ1n) is 6.28. The van der Waals surface area contributed by atoms with Crippen LogP contribution in [-0.4, -0.2) is 40.4 Å². The molecule has 1 aromatic rings. The monoisotopic (exact) mass is 350 g/mol. The van der Waals surface area contributed by atoms with Crippen molar-refractivity contribution < 1.29 is 24.4 Å². The van der Waals surface area contributed by atoms with Gasteiger partial charge in [-0.15, -0.1) is 5.10 Å². The number of ether oxygens (including phenoxy) is 1. The molecule has 1 aliphatic heterocycles. The zero-order chi connectivity index (χ0) is 17.7. The van der Waals surface area contributed by atoms with Gasteiger partial charge in [0, 0.05) is 12.1 Å². The van der Waals surface area contributed by atoms with Crippen LogP contribution in [0, 0.1) is 10.1 Å². The second kappa shape index (κ2) is 7.37. The SMILES string of the molecule is COC(=O)/C=C1/S/C(=N\N=Cc2cc(O)ccc2[N+](=O)[O-])NC1=O. The van der Waals surface area contributed by atoms with Crippen molar-refractivity contribution in [3.05, 3.63) is 44.9 Å². The molecule has 11 heteroatoms. The van der Waals surface area contributed by atoms with E-state index in [0.717, 1.165) is 36.2 Å². The molecular formula is C13H10N4O6S. The van der Waals surface area contributed by atoms with E-state index in [4.69, 9.17) is 0 Å². The minimum Gasteiger partial charge on any atom is -0.508 e. The van der Waals surface area contributed by atoms with Gasteiger partial charge < -0.3 is 9.84 Å². The number of hydrogen-bond donors (Lipinski definition) is 2. The minimum absolute atomic E-state index is 0.0454. The van der Waals surface area contributed by atoms with Gasteiger partial charge in [0.05, 0.1) is 28.7 Å². The topological polar surface area (TPSA) is 143 Å². The number of nitrogens with zero attached hydrogens (tertiary/aromatic N) is 3. The average Bonchev–Trinajstić information content (AvgIpc) is 2.86. The molecule has 0 saturated carbocycles. The van der Waals surface area contributed by atoms with Gasteiger partial charge in [-0.3, -0.25) is 20.2 Å². The lowest BCUT2D eigenvalue weighted by Gasteiger charge is -1.97. The fourth-order valence-corrected chi connectivity index (χ4v) is 2.34. The molecule has 0 spiro atoms. The highest BCUT2D eigenvalue weighted by molar-refractivity contribution is 8.18. The number of esters is 1. The smallest absolute Gasteiger partial charge is 0.331 e. The number of phenolic OH excluding ortho intramolecular Hbond substituents is 1. The van der Waals surface area contributed by atoms with Gasteiger partial charge in [-0.25, -0.2) is 4.79 Å². The van der Waals surface area contributed by atoms with Crippen LogP contribution in [0.4, 0.5) is 5.69 Å². The summed E-state index contributed by atoms with van der Waals surface area (Å²) in [5.74, 6) is -1.39. The molecule has 1 heterocycles. The van der Waals surface area contributed by atoms with Gasteiger partial charge in [-0.2, -0.15) is 5.10 Å². The Bertz CT molecular complexity index is 802. The Labute approximate surface area is 139 Å². The molecule has 1 amide bonds. The van der Waals surface area contributed by atoms with Crippen LogP contribution in [0.25, 0.3) is 0 Å². The Balaban J connectivity index is 2.17. The molecular weight excluding hydrogens is 340 g/mol. The number of nitro benzene ring substituents is 1. The Morgan fingerprint density at radius 1 is 1.50 bits per heavy atom. The third kappa shape index (κ3) is 4.16. The van der Waals surface area contributed by atoms with Gasteiger partial charge in [0.2, 0.25) is 0 Å². The standard InChI is InChI=1S/C13H10N4O6S/c1-23-11(19)5-10-12(20)15-13(24-10)16-14-6-7-4-8(18)2-3-9(7)17(21)22/h2-6,18H,1H3,(H,15,16,20)/b10-5+,14-6?. The summed E-state index contributed by atoms with van der Waals surface area (Å²) in [5.41, 5.74) is -0.213. The number of rotatable bonds is 4. The van der Waals surface area contributed by atoms with E-state index in [-0.39, 0.29) is 27.1 Å². The van der Waals surface area contributed by atoms with Crippen LogP contribution in [0.5, 0.6) is 5.75 Å². The molecule has 124 valence electrons. The molecule has 0 aromatic heterocycles. The maximum atomic E-state index is 11.6. The first-order valence-corrected chi connectivity index (χ1v) is 7.09. The number of amides is 1. The predicted octanol–water partition coefficient (Wildman–Crippen LogP) is 0.910. The number of amidine groups is 1. The van der Waals surface area contributed by atoms with E-state index in [1.54, 1.807) is 0 Å². The molecule has 1 aromatic carbocycles. The van der Waals surface area contributed by atoms with Gasteiger partial charge in [0.25, 0.3) is 11.6 Å².